The highest BCUT2D eigenvalue weighted by Crippen LogP contribution is 2.18. The largest absolute Gasteiger partial charge is 0.326 e. The summed E-state index contributed by atoms with van der Waals surface area (Å²) in [7, 11) is -1.20. The molecule has 1 aliphatic heterocycles. The number of sulfonamides is 1. The lowest BCUT2D eigenvalue weighted by molar-refractivity contribution is 0.144. The molecule has 2 rings (SSSR count). The number of rotatable bonds is 5. The lowest BCUT2D eigenvalue weighted by atomic mass is 10.1. The van der Waals surface area contributed by atoms with Crippen LogP contribution in [0.15, 0.2) is 24.3 Å². The van der Waals surface area contributed by atoms with E-state index in [1.807, 2.05) is 24.3 Å². The van der Waals surface area contributed by atoms with Gasteiger partial charge in [-0.25, -0.2) is 8.42 Å². The third kappa shape index (κ3) is 4.03. The summed E-state index contributed by atoms with van der Waals surface area (Å²) in [5.74, 6) is 0.0565. The van der Waals surface area contributed by atoms with Crippen molar-refractivity contribution in [3.8, 4) is 0 Å². The maximum Gasteiger partial charge on any atom is 0.218 e. The first kappa shape index (κ1) is 16.4. The van der Waals surface area contributed by atoms with Gasteiger partial charge in [0, 0.05) is 32.2 Å². The van der Waals surface area contributed by atoms with Crippen LogP contribution in [0.4, 0.5) is 0 Å². The smallest absolute Gasteiger partial charge is 0.218 e. The number of nitrogens with zero attached hydrogens (tertiary/aromatic N) is 2. The van der Waals surface area contributed by atoms with Gasteiger partial charge in [-0.3, -0.25) is 0 Å². The Bertz CT molecular complexity index is 574. The molecule has 118 valence electrons. The van der Waals surface area contributed by atoms with Crippen molar-refractivity contribution in [2.45, 2.75) is 31.7 Å². The van der Waals surface area contributed by atoms with Gasteiger partial charge in [0.05, 0.1) is 5.75 Å². The molecule has 1 fully saturated rings. The maximum atomic E-state index is 12.6. The number of hydrogen-bond donors (Lipinski definition) is 1. The standard InChI is InChI=1S/C15H25N3O2S/c1-3-15-11-18(8-7-17(15)2)21(19,20)12-14-6-4-5-13(9-14)10-16/h4-6,9,15H,3,7-8,10-12,16H2,1-2H3. The summed E-state index contributed by atoms with van der Waals surface area (Å²) in [5.41, 5.74) is 7.39. The Morgan fingerprint density at radius 1 is 1.29 bits per heavy atom. The van der Waals surface area contributed by atoms with Crippen LogP contribution in [0.5, 0.6) is 0 Å². The molecule has 0 amide bonds. The van der Waals surface area contributed by atoms with Gasteiger partial charge in [-0.15, -0.1) is 0 Å². The van der Waals surface area contributed by atoms with Crippen molar-refractivity contribution in [3.05, 3.63) is 35.4 Å². The van der Waals surface area contributed by atoms with Gasteiger partial charge >= 0.3 is 0 Å². The molecule has 1 unspecified atom stereocenters. The molecule has 1 saturated heterocycles. The van der Waals surface area contributed by atoms with Gasteiger partial charge in [-0.2, -0.15) is 4.31 Å². The molecule has 1 aromatic rings. The number of nitrogens with two attached hydrogens (primary N) is 1. The first-order valence-electron chi connectivity index (χ1n) is 7.42. The van der Waals surface area contributed by atoms with Crippen LogP contribution in [0.2, 0.25) is 0 Å². The highest BCUT2D eigenvalue weighted by molar-refractivity contribution is 7.88. The summed E-state index contributed by atoms with van der Waals surface area (Å²) in [4.78, 5) is 2.24. The van der Waals surface area contributed by atoms with E-state index < -0.39 is 10.0 Å². The van der Waals surface area contributed by atoms with Gasteiger partial charge in [0.1, 0.15) is 0 Å². The minimum atomic E-state index is -3.26. The topological polar surface area (TPSA) is 66.6 Å². The van der Waals surface area contributed by atoms with Crippen LogP contribution in [0.1, 0.15) is 24.5 Å². The summed E-state index contributed by atoms with van der Waals surface area (Å²) >= 11 is 0. The number of benzene rings is 1. The van der Waals surface area contributed by atoms with Crippen molar-refractivity contribution in [1.82, 2.24) is 9.21 Å². The van der Waals surface area contributed by atoms with Crippen molar-refractivity contribution >= 4 is 10.0 Å². The monoisotopic (exact) mass is 311 g/mol. The fraction of sp³-hybridized carbons (Fsp3) is 0.600. The van der Waals surface area contributed by atoms with Gasteiger partial charge in [-0.1, -0.05) is 31.2 Å². The molecule has 6 heteroatoms. The fourth-order valence-corrected chi connectivity index (χ4v) is 4.30. The number of hydrogen-bond acceptors (Lipinski definition) is 4. The summed E-state index contributed by atoms with van der Waals surface area (Å²) < 4.78 is 26.8. The highest BCUT2D eigenvalue weighted by atomic mass is 32.2. The summed E-state index contributed by atoms with van der Waals surface area (Å²) in [6.45, 7) is 4.49. The second-order valence-electron chi connectivity index (χ2n) is 5.68. The van der Waals surface area contributed by atoms with E-state index >= 15 is 0 Å². The van der Waals surface area contributed by atoms with E-state index in [1.54, 1.807) is 4.31 Å². The van der Waals surface area contributed by atoms with Crippen molar-refractivity contribution in [3.63, 3.8) is 0 Å². The SMILES string of the molecule is CCC1CN(S(=O)(=O)Cc2cccc(CN)c2)CCN1C. The minimum Gasteiger partial charge on any atom is -0.326 e. The van der Waals surface area contributed by atoms with E-state index in [9.17, 15) is 8.42 Å². The lowest BCUT2D eigenvalue weighted by Crippen LogP contribution is -2.53. The van der Waals surface area contributed by atoms with Crippen LogP contribution in [-0.4, -0.2) is 50.3 Å². The van der Waals surface area contributed by atoms with E-state index in [4.69, 9.17) is 5.73 Å². The Hall–Kier alpha value is -0.950. The average Bonchev–Trinajstić information content (AvgIpc) is 2.47. The maximum absolute atomic E-state index is 12.6. The molecule has 5 nitrogen and oxygen atoms in total. The van der Waals surface area contributed by atoms with E-state index in [0.717, 1.165) is 24.1 Å². The molecular formula is C15H25N3O2S. The molecule has 1 aliphatic rings. The highest BCUT2D eigenvalue weighted by Gasteiger charge is 2.30. The summed E-state index contributed by atoms with van der Waals surface area (Å²) in [6, 6.07) is 7.82. The summed E-state index contributed by atoms with van der Waals surface area (Å²) in [6.07, 6.45) is 0.963. The molecule has 2 N–H and O–H groups in total. The summed E-state index contributed by atoms with van der Waals surface area (Å²) in [5, 5.41) is 0. The van der Waals surface area contributed by atoms with Crippen LogP contribution >= 0.6 is 0 Å². The molecule has 0 spiro atoms. The molecular weight excluding hydrogens is 286 g/mol. The Morgan fingerprint density at radius 2 is 2.00 bits per heavy atom. The van der Waals surface area contributed by atoms with Crippen molar-refractivity contribution in [2.24, 2.45) is 5.73 Å². The van der Waals surface area contributed by atoms with Crippen molar-refractivity contribution in [1.29, 1.82) is 0 Å². The van der Waals surface area contributed by atoms with Crippen LogP contribution in [0, 0.1) is 0 Å². The molecule has 0 aliphatic carbocycles. The molecule has 0 saturated carbocycles. The predicted octanol–water partition coefficient (Wildman–Crippen LogP) is 1.00. The van der Waals surface area contributed by atoms with Gasteiger partial charge in [-0.05, 0) is 24.6 Å². The third-order valence-corrected chi connectivity index (χ3v) is 6.00. The van der Waals surface area contributed by atoms with Crippen LogP contribution in [0.25, 0.3) is 0 Å². The Balaban J connectivity index is 2.11. The van der Waals surface area contributed by atoms with Gasteiger partial charge in [0.15, 0.2) is 0 Å². The van der Waals surface area contributed by atoms with E-state index in [0.29, 0.717) is 25.7 Å². The molecule has 1 atom stereocenters. The van der Waals surface area contributed by atoms with E-state index in [2.05, 4.69) is 18.9 Å². The average molecular weight is 311 g/mol. The lowest BCUT2D eigenvalue weighted by Gasteiger charge is -2.38. The molecule has 1 heterocycles. The normalized spacial score (nSPS) is 21.6. The first-order valence-corrected chi connectivity index (χ1v) is 9.03. The Kier molecular flexibility index (Phi) is 5.37. The van der Waals surface area contributed by atoms with Crippen LogP contribution < -0.4 is 5.73 Å². The van der Waals surface area contributed by atoms with Gasteiger partial charge in [0.25, 0.3) is 0 Å². The van der Waals surface area contributed by atoms with Crippen molar-refractivity contribution in [2.75, 3.05) is 26.7 Å². The second kappa shape index (κ2) is 6.87. The predicted molar refractivity (Wildman–Crippen MR) is 85.2 cm³/mol. The third-order valence-electron chi connectivity index (χ3n) is 4.18. The molecule has 0 radical (unpaired) electrons. The number of likely N-dealkylation sites (N-methyl/N-ethyl adjacent to an activating group) is 1. The van der Waals surface area contributed by atoms with Gasteiger partial charge < -0.3 is 10.6 Å². The van der Waals surface area contributed by atoms with E-state index in [-0.39, 0.29) is 5.75 Å². The minimum absolute atomic E-state index is 0.0565. The Morgan fingerprint density at radius 3 is 2.67 bits per heavy atom. The molecule has 1 aromatic carbocycles. The fourth-order valence-electron chi connectivity index (χ4n) is 2.76. The number of piperazine rings is 1. The quantitative estimate of drug-likeness (QED) is 0.881. The zero-order valence-corrected chi connectivity index (χ0v) is 13.6. The first-order chi connectivity index (χ1) is 9.96. The molecule has 0 aromatic heterocycles. The van der Waals surface area contributed by atoms with Gasteiger partial charge in [0.2, 0.25) is 10.0 Å². The van der Waals surface area contributed by atoms with Crippen LogP contribution in [0.3, 0.4) is 0 Å². The Labute approximate surface area is 127 Å². The second-order valence-corrected chi connectivity index (χ2v) is 7.65. The molecule has 0 bridgehead atoms. The van der Waals surface area contributed by atoms with Crippen molar-refractivity contribution < 1.29 is 8.42 Å². The zero-order valence-electron chi connectivity index (χ0n) is 12.8. The van der Waals surface area contributed by atoms with Crippen LogP contribution in [-0.2, 0) is 22.3 Å². The molecule has 21 heavy (non-hydrogen) atoms. The van der Waals surface area contributed by atoms with E-state index in [1.165, 1.54) is 0 Å². The zero-order chi connectivity index (χ0) is 15.5.